The molecular formula is C22H24N4O2. The van der Waals surface area contributed by atoms with Crippen LogP contribution in [-0.4, -0.2) is 29.3 Å². The number of rotatable bonds is 7. The molecule has 1 amide bonds. The Bertz CT molecular complexity index is 1030. The molecular weight excluding hydrogens is 352 g/mol. The van der Waals surface area contributed by atoms with Crippen molar-refractivity contribution in [2.75, 3.05) is 12.4 Å². The van der Waals surface area contributed by atoms with Gasteiger partial charge in [0.15, 0.2) is 5.69 Å². The highest BCUT2D eigenvalue weighted by atomic mass is 16.5. The van der Waals surface area contributed by atoms with E-state index in [0.717, 1.165) is 33.6 Å². The van der Waals surface area contributed by atoms with Gasteiger partial charge >= 0.3 is 0 Å². The average molecular weight is 376 g/mol. The van der Waals surface area contributed by atoms with E-state index < -0.39 is 5.91 Å². The van der Waals surface area contributed by atoms with Crippen LogP contribution in [0.4, 0.5) is 5.69 Å². The van der Waals surface area contributed by atoms with Gasteiger partial charge in [0.2, 0.25) is 0 Å². The zero-order valence-corrected chi connectivity index (χ0v) is 16.1. The van der Waals surface area contributed by atoms with Gasteiger partial charge in [-0.15, -0.1) is 10.2 Å². The molecule has 6 heteroatoms. The lowest BCUT2D eigenvalue weighted by Gasteiger charge is -2.18. The Kier molecular flexibility index (Phi) is 4.96. The average Bonchev–Trinajstić information content (AvgIpc) is 3.53. The minimum Gasteiger partial charge on any atom is -0.382 e. The van der Waals surface area contributed by atoms with Crippen LogP contribution in [0.1, 0.15) is 35.8 Å². The molecule has 0 bridgehead atoms. The largest absolute Gasteiger partial charge is 0.382 e. The third-order valence-corrected chi connectivity index (χ3v) is 5.30. The van der Waals surface area contributed by atoms with Crippen molar-refractivity contribution in [1.29, 1.82) is 0 Å². The highest BCUT2D eigenvalue weighted by Gasteiger charge is 2.28. The van der Waals surface area contributed by atoms with Crippen LogP contribution in [-0.2, 0) is 11.3 Å². The summed E-state index contributed by atoms with van der Waals surface area (Å²) < 4.78 is 5.44. The summed E-state index contributed by atoms with van der Waals surface area (Å²) in [5.74, 6) is 0.154. The molecule has 1 fully saturated rings. The van der Waals surface area contributed by atoms with E-state index in [1.165, 1.54) is 12.8 Å². The fourth-order valence-corrected chi connectivity index (χ4v) is 3.68. The molecule has 1 aliphatic rings. The maximum absolute atomic E-state index is 12.1. The van der Waals surface area contributed by atoms with E-state index in [4.69, 9.17) is 10.5 Å². The van der Waals surface area contributed by atoms with Crippen molar-refractivity contribution < 1.29 is 9.53 Å². The van der Waals surface area contributed by atoms with Gasteiger partial charge in [-0.2, -0.15) is 0 Å². The molecule has 0 radical (unpaired) electrons. The molecule has 0 spiro atoms. The second-order valence-electron chi connectivity index (χ2n) is 7.38. The number of ether oxygens (including phenoxy) is 1. The lowest BCUT2D eigenvalue weighted by Crippen LogP contribution is -2.18. The predicted molar refractivity (Wildman–Crippen MR) is 110 cm³/mol. The number of methoxy groups -OCH3 is 1. The number of carbonyl (C=O) groups is 1. The minimum atomic E-state index is -0.596. The van der Waals surface area contributed by atoms with Crippen molar-refractivity contribution in [2.45, 2.75) is 32.4 Å². The summed E-state index contributed by atoms with van der Waals surface area (Å²) in [6, 6.07) is 14.2. The van der Waals surface area contributed by atoms with Crippen LogP contribution >= 0.6 is 0 Å². The first-order chi connectivity index (χ1) is 13.6. The van der Waals surface area contributed by atoms with Crippen LogP contribution in [0.5, 0.6) is 0 Å². The summed E-state index contributed by atoms with van der Waals surface area (Å²) >= 11 is 0. The maximum Gasteiger partial charge on any atom is 0.269 e. The summed E-state index contributed by atoms with van der Waals surface area (Å²) in [6.45, 7) is 2.63. The van der Waals surface area contributed by atoms with E-state index in [0.29, 0.717) is 18.2 Å². The number of anilines is 1. The molecule has 1 atom stereocenters. The molecule has 1 saturated carbocycles. The number of carbonyl (C=O) groups excluding carboxylic acids is 1. The van der Waals surface area contributed by atoms with Crippen molar-refractivity contribution in [1.82, 2.24) is 10.2 Å². The minimum absolute atomic E-state index is 0.170. The Hall–Kier alpha value is -2.99. The Morgan fingerprint density at radius 2 is 2.04 bits per heavy atom. The zero-order chi connectivity index (χ0) is 19.7. The highest BCUT2D eigenvalue weighted by molar-refractivity contribution is 6.07. The number of amides is 1. The lowest BCUT2D eigenvalue weighted by molar-refractivity contribution is 0.0995. The van der Waals surface area contributed by atoms with Crippen molar-refractivity contribution in [3.8, 4) is 11.1 Å². The topological polar surface area (TPSA) is 90.1 Å². The van der Waals surface area contributed by atoms with Crippen LogP contribution in [0.25, 0.3) is 22.0 Å². The standard InChI is InChI=1S/C22H24N4O2/c1-13(14-7-8-14)24-16-9-10-17(15(11-16)12-28-2)20-18-5-3-4-6-19(18)25-26-21(20)22(23)27/h3-6,9-11,13-14,24H,7-8,12H2,1-2H3,(H2,23,27)/t13-/m1/s1. The Balaban J connectivity index is 1.85. The molecule has 28 heavy (non-hydrogen) atoms. The summed E-state index contributed by atoms with van der Waals surface area (Å²) in [4.78, 5) is 12.1. The van der Waals surface area contributed by atoms with Crippen molar-refractivity contribution >= 4 is 22.5 Å². The van der Waals surface area contributed by atoms with Gasteiger partial charge in [-0.3, -0.25) is 4.79 Å². The number of benzene rings is 2. The van der Waals surface area contributed by atoms with Gasteiger partial charge in [-0.05, 0) is 55.0 Å². The van der Waals surface area contributed by atoms with E-state index in [1.54, 1.807) is 7.11 Å². The number of primary amides is 1. The van der Waals surface area contributed by atoms with E-state index in [-0.39, 0.29) is 5.69 Å². The molecule has 1 aromatic heterocycles. The first-order valence-corrected chi connectivity index (χ1v) is 9.52. The summed E-state index contributed by atoms with van der Waals surface area (Å²) in [7, 11) is 1.66. The molecule has 3 N–H and O–H groups in total. The second-order valence-corrected chi connectivity index (χ2v) is 7.38. The predicted octanol–water partition coefficient (Wildman–Crippen LogP) is 3.75. The van der Waals surface area contributed by atoms with Crippen molar-refractivity contribution in [3.63, 3.8) is 0 Å². The first kappa shape index (κ1) is 18.4. The molecule has 0 aliphatic heterocycles. The molecule has 3 aromatic rings. The SMILES string of the molecule is COCc1cc(N[C@H](C)C2CC2)ccc1-c1c(C(N)=O)nnc2ccccc12. The van der Waals surface area contributed by atoms with Gasteiger partial charge in [0, 0.05) is 29.8 Å². The number of nitrogens with two attached hydrogens (primary N) is 1. The van der Waals surface area contributed by atoms with Crippen molar-refractivity contribution in [3.05, 3.63) is 53.7 Å². The number of fused-ring (bicyclic) bond motifs is 1. The Morgan fingerprint density at radius 3 is 2.75 bits per heavy atom. The van der Waals surface area contributed by atoms with E-state index in [2.05, 4.69) is 28.5 Å². The fraction of sp³-hybridized carbons (Fsp3) is 0.318. The summed E-state index contributed by atoms with van der Waals surface area (Å²) in [5.41, 5.74) is 10.1. The van der Waals surface area contributed by atoms with Crippen molar-refractivity contribution in [2.24, 2.45) is 11.7 Å². The Morgan fingerprint density at radius 1 is 1.25 bits per heavy atom. The lowest BCUT2D eigenvalue weighted by atomic mass is 9.94. The quantitative estimate of drug-likeness (QED) is 0.655. The molecule has 6 nitrogen and oxygen atoms in total. The van der Waals surface area contributed by atoms with Gasteiger partial charge in [-0.1, -0.05) is 24.3 Å². The fourth-order valence-electron chi connectivity index (χ4n) is 3.68. The maximum atomic E-state index is 12.1. The van der Waals surface area contributed by atoms with Gasteiger partial charge in [-0.25, -0.2) is 0 Å². The molecule has 144 valence electrons. The van der Waals surface area contributed by atoms with Gasteiger partial charge in [0.25, 0.3) is 5.91 Å². The number of nitrogens with one attached hydrogen (secondary N) is 1. The zero-order valence-electron chi connectivity index (χ0n) is 16.1. The third kappa shape index (κ3) is 3.55. The first-order valence-electron chi connectivity index (χ1n) is 9.52. The molecule has 2 aromatic carbocycles. The van der Waals surface area contributed by atoms with E-state index in [1.807, 2.05) is 36.4 Å². The highest BCUT2D eigenvalue weighted by Crippen LogP contribution is 2.36. The molecule has 1 heterocycles. The van der Waals surface area contributed by atoms with Gasteiger partial charge in [0.05, 0.1) is 12.1 Å². The van der Waals surface area contributed by atoms with E-state index >= 15 is 0 Å². The Labute approximate surface area is 164 Å². The van der Waals surface area contributed by atoms with Crippen LogP contribution in [0.3, 0.4) is 0 Å². The van der Waals surface area contributed by atoms with Crippen LogP contribution < -0.4 is 11.1 Å². The van der Waals surface area contributed by atoms with Gasteiger partial charge in [0.1, 0.15) is 0 Å². The van der Waals surface area contributed by atoms with Crippen LogP contribution in [0.2, 0.25) is 0 Å². The molecule has 4 rings (SSSR count). The number of hydrogen-bond donors (Lipinski definition) is 2. The molecule has 0 unspecified atom stereocenters. The normalized spacial score (nSPS) is 14.8. The summed E-state index contributed by atoms with van der Waals surface area (Å²) in [6.07, 6.45) is 2.57. The smallest absolute Gasteiger partial charge is 0.269 e. The van der Waals surface area contributed by atoms with Crippen LogP contribution in [0.15, 0.2) is 42.5 Å². The number of hydrogen-bond acceptors (Lipinski definition) is 5. The number of nitrogens with zero attached hydrogens (tertiary/aromatic N) is 2. The third-order valence-electron chi connectivity index (χ3n) is 5.30. The second kappa shape index (κ2) is 7.56. The summed E-state index contributed by atoms with van der Waals surface area (Å²) in [5, 5.41) is 12.7. The number of aromatic nitrogens is 2. The molecule has 0 saturated heterocycles. The van der Waals surface area contributed by atoms with Crippen LogP contribution in [0, 0.1) is 5.92 Å². The molecule has 1 aliphatic carbocycles. The van der Waals surface area contributed by atoms with Gasteiger partial charge < -0.3 is 15.8 Å². The van der Waals surface area contributed by atoms with E-state index in [9.17, 15) is 4.79 Å². The monoisotopic (exact) mass is 376 g/mol.